The number of primary amides is 1. The first kappa shape index (κ1) is 28.5. The summed E-state index contributed by atoms with van der Waals surface area (Å²) in [6, 6.07) is 6.30. The van der Waals surface area contributed by atoms with Crippen molar-refractivity contribution in [2.75, 3.05) is 39.3 Å². The van der Waals surface area contributed by atoms with Crippen LogP contribution in [0.2, 0.25) is 0 Å². The number of hydrogen-bond acceptors (Lipinski definition) is 4. The van der Waals surface area contributed by atoms with Crippen molar-refractivity contribution in [2.45, 2.75) is 59.4 Å². The van der Waals surface area contributed by atoms with Crippen LogP contribution in [0.3, 0.4) is 0 Å². The summed E-state index contributed by atoms with van der Waals surface area (Å²) in [5.41, 5.74) is 7.72. The number of nitrogens with two attached hydrogens (primary N) is 1. The van der Waals surface area contributed by atoms with Crippen LogP contribution in [0, 0.1) is 12.8 Å². The van der Waals surface area contributed by atoms with Gasteiger partial charge in [-0.3, -0.25) is 4.79 Å². The highest BCUT2D eigenvalue weighted by atomic mass is 127. The lowest BCUT2D eigenvalue weighted by atomic mass is 9.96. The number of benzene rings is 1. The molecule has 1 aliphatic heterocycles. The van der Waals surface area contributed by atoms with Crippen LogP contribution in [0.25, 0.3) is 0 Å². The van der Waals surface area contributed by atoms with Crippen LogP contribution in [0.5, 0.6) is 5.75 Å². The molecule has 1 heterocycles. The molecule has 1 aliphatic rings. The standard InChI is InChI=1S/C24H41N5O2.HI/c1-4-16-31-22-17-19(3)8-9-21(22)18-28-24(26-5-2)27-12-6-7-13-29-14-10-20(11-15-29)23(25)30;/h8-9,17,20H,4-7,10-16,18H2,1-3H3,(H2,25,30)(H2,26,27,28);1H. The molecule has 4 N–H and O–H groups in total. The van der Waals surface area contributed by atoms with Crippen molar-refractivity contribution in [1.82, 2.24) is 15.5 Å². The summed E-state index contributed by atoms with van der Waals surface area (Å²) in [5, 5.41) is 6.77. The number of amides is 1. The minimum absolute atomic E-state index is 0. The molecule has 2 rings (SSSR count). The number of hydrogen-bond donors (Lipinski definition) is 3. The number of carbonyl (C=O) groups is 1. The second-order valence-corrected chi connectivity index (χ2v) is 8.31. The molecule has 7 nitrogen and oxygen atoms in total. The largest absolute Gasteiger partial charge is 0.493 e. The predicted molar refractivity (Wildman–Crippen MR) is 143 cm³/mol. The van der Waals surface area contributed by atoms with E-state index in [2.05, 4.69) is 54.5 Å². The van der Waals surface area contributed by atoms with Crippen molar-refractivity contribution in [3.05, 3.63) is 29.3 Å². The van der Waals surface area contributed by atoms with E-state index in [4.69, 9.17) is 15.5 Å². The highest BCUT2D eigenvalue weighted by Gasteiger charge is 2.22. The molecule has 0 bridgehead atoms. The van der Waals surface area contributed by atoms with Gasteiger partial charge in [0.15, 0.2) is 5.96 Å². The fourth-order valence-electron chi connectivity index (χ4n) is 3.75. The minimum atomic E-state index is -0.145. The number of likely N-dealkylation sites (tertiary alicyclic amines) is 1. The van der Waals surface area contributed by atoms with Crippen molar-refractivity contribution in [3.63, 3.8) is 0 Å². The first-order valence-corrected chi connectivity index (χ1v) is 11.8. The van der Waals surface area contributed by atoms with Gasteiger partial charge in [0.25, 0.3) is 0 Å². The topological polar surface area (TPSA) is 92.0 Å². The third kappa shape index (κ3) is 10.4. The Labute approximate surface area is 211 Å². The number of ether oxygens (including phenoxy) is 1. The number of aliphatic imine (C=N–C) groups is 1. The van der Waals surface area contributed by atoms with Crippen LogP contribution in [0.15, 0.2) is 23.2 Å². The van der Waals surface area contributed by atoms with Crippen LogP contribution in [0.1, 0.15) is 57.1 Å². The van der Waals surface area contributed by atoms with Crippen molar-refractivity contribution in [2.24, 2.45) is 16.6 Å². The van der Waals surface area contributed by atoms with Crippen molar-refractivity contribution in [1.29, 1.82) is 0 Å². The van der Waals surface area contributed by atoms with Crippen molar-refractivity contribution in [3.8, 4) is 5.75 Å². The maximum absolute atomic E-state index is 11.3. The number of piperidine rings is 1. The maximum atomic E-state index is 11.3. The van der Waals surface area contributed by atoms with Gasteiger partial charge >= 0.3 is 0 Å². The number of rotatable bonds is 12. The van der Waals surface area contributed by atoms with Gasteiger partial charge < -0.3 is 26.0 Å². The summed E-state index contributed by atoms with van der Waals surface area (Å²) < 4.78 is 5.91. The van der Waals surface area contributed by atoms with Gasteiger partial charge in [-0.05, 0) is 77.2 Å². The molecule has 0 aliphatic carbocycles. The van der Waals surface area contributed by atoms with E-state index in [-0.39, 0.29) is 35.8 Å². The lowest BCUT2D eigenvalue weighted by molar-refractivity contribution is -0.123. The molecule has 1 aromatic rings. The first-order chi connectivity index (χ1) is 15.0. The van der Waals surface area contributed by atoms with Crippen LogP contribution in [-0.4, -0.2) is 56.1 Å². The number of guanidine groups is 1. The highest BCUT2D eigenvalue weighted by Crippen LogP contribution is 2.21. The molecule has 1 aromatic carbocycles. The molecule has 0 aromatic heterocycles. The molecule has 182 valence electrons. The zero-order valence-corrected chi connectivity index (χ0v) is 22.3. The summed E-state index contributed by atoms with van der Waals surface area (Å²) in [6.07, 6.45) is 4.99. The summed E-state index contributed by atoms with van der Waals surface area (Å²) >= 11 is 0. The Kier molecular flexibility index (Phi) is 14.4. The van der Waals surface area contributed by atoms with Gasteiger partial charge in [0.2, 0.25) is 5.91 Å². The van der Waals surface area contributed by atoms with E-state index in [1.807, 2.05) is 0 Å². The lowest BCUT2D eigenvalue weighted by Crippen LogP contribution is -2.39. The number of carbonyl (C=O) groups excluding carboxylic acids is 1. The Morgan fingerprint density at radius 3 is 2.62 bits per heavy atom. The van der Waals surface area contributed by atoms with E-state index in [0.717, 1.165) is 88.7 Å². The Bertz CT molecular complexity index is 706. The van der Waals surface area contributed by atoms with Gasteiger partial charge in [0, 0.05) is 24.6 Å². The average molecular weight is 560 g/mol. The molecule has 8 heteroatoms. The molecule has 0 radical (unpaired) electrons. The summed E-state index contributed by atoms with van der Waals surface area (Å²) in [6.45, 7) is 12.3. The summed E-state index contributed by atoms with van der Waals surface area (Å²) in [4.78, 5) is 18.5. The molecule has 0 saturated carbocycles. The van der Waals surface area contributed by atoms with Gasteiger partial charge in [-0.15, -0.1) is 24.0 Å². The van der Waals surface area contributed by atoms with Crippen LogP contribution in [-0.2, 0) is 11.3 Å². The third-order valence-corrected chi connectivity index (χ3v) is 5.62. The predicted octanol–water partition coefficient (Wildman–Crippen LogP) is 3.43. The number of nitrogens with zero attached hydrogens (tertiary/aromatic N) is 2. The monoisotopic (exact) mass is 559 g/mol. The van der Waals surface area contributed by atoms with Gasteiger partial charge in [-0.1, -0.05) is 19.1 Å². The van der Waals surface area contributed by atoms with E-state index < -0.39 is 0 Å². The first-order valence-electron chi connectivity index (χ1n) is 11.8. The normalized spacial score (nSPS) is 15.2. The minimum Gasteiger partial charge on any atom is -0.493 e. The van der Waals surface area contributed by atoms with E-state index in [1.165, 1.54) is 5.56 Å². The molecule has 0 spiro atoms. The van der Waals surface area contributed by atoms with Crippen molar-refractivity contribution >= 4 is 35.8 Å². The molecule has 0 atom stereocenters. The molecule has 0 unspecified atom stereocenters. The SMILES string of the molecule is CCCOc1cc(C)ccc1CN=C(NCC)NCCCCN1CCC(C(N)=O)CC1.I. The van der Waals surface area contributed by atoms with Crippen LogP contribution < -0.4 is 21.1 Å². The Morgan fingerprint density at radius 1 is 1.22 bits per heavy atom. The zero-order valence-electron chi connectivity index (χ0n) is 20.0. The number of nitrogens with one attached hydrogen (secondary N) is 2. The smallest absolute Gasteiger partial charge is 0.220 e. The quantitative estimate of drug-likeness (QED) is 0.158. The van der Waals surface area contributed by atoms with Gasteiger partial charge in [0.05, 0.1) is 13.2 Å². The van der Waals surface area contributed by atoms with E-state index in [0.29, 0.717) is 6.54 Å². The lowest BCUT2D eigenvalue weighted by Gasteiger charge is -2.30. The van der Waals surface area contributed by atoms with Gasteiger partial charge in [-0.25, -0.2) is 4.99 Å². The maximum Gasteiger partial charge on any atom is 0.220 e. The number of aryl methyl sites for hydroxylation is 1. The molecule has 32 heavy (non-hydrogen) atoms. The Balaban J connectivity index is 0.00000512. The highest BCUT2D eigenvalue weighted by molar-refractivity contribution is 14.0. The van der Waals surface area contributed by atoms with E-state index in [1.54, 1.807) is 0 Å². The van der Waals surface area contributed by atoms with E-state index in [9.17, 15) is 4.79 Å². The second-order valence-electron chi connectivity index (χ2n) is 8.31. The molecule has 1 saturated heterocycles. The Morgan fingerprint density at radius 2 is 1.97 bits per heavy atom. The van der Waals surface area contributed by atoms with Crippen LogP contribution >= 0.6 is 24.0 Å². The number of unbranched alkanes of at least 4 members (excludes halogenated alkanes) is 1. The summed E-state index contributed by atoms with van der Waals surface area (Å²) in [5.74, 6) is 1.69. The average Bonchev–Trinajstić information content (AvgIpc) is 2.76. The second kappa shape index (κ2) is 16.1. The van der Waals surface area contributed by atoms with Crippen LogP contribution in [0.4, 0.5) is 0 Å². The fourth-order valence-corrected chi connectivity index (χ4v) is 3.75. The van der Waals surface area contributed by atoms with E-state index >= 15 is 0 Å². The molecular weight excluding hydrogens is 517 g/mol. The molecule has 1 amide bonds. The fraction of sp³-hybridized carbons (Fsp3) is 0.667. The molecule has 1 fully saturated rings. The zero-order chi connectivity index (χ0) is 22.5. The van der Waals surface area contributed by atoms with Gasteiger partial charge in [-0.2, -0.15) is 0 Å². The van der Waals surface area contributed by atoms with Gasteiger partial charge in [0.1, 0.15) is 5.75 Å². The number of halogens is 1. The summed E-state index contributed by atoms with van der Waals surface area (Å²) in [7, 11) is 0. The van der Waals surface area contributed by atoms with Crippen molar-refractivity contribution < 1.29 is 9.53 Å². The third-order valence-electron chi connectivity index (χ3n) is 5.62. The Hall–Kier alpha value is -1.55. The molecular formula is C24H42IN5O2.